The third kappa shape index (κ3) is 4.78. The van der Waals surface area contributed by atoms with Gasteiger partial charge in [0, 0.05) is 24.9 Å². The first-order valence-corrected chi connectivity index (χ1v) is 7.67. The summed E-state index contributed by atoms with van der Waals surface area (Å²) >= 11 is 1.95. The zero-order chi connectivity index (χ0) is 13.8. The predicted octanol–water partition coefficient (Wildman–Crippen LogP) is 1.47. The molecule has 0 spiro atoms. The Morgan fingerprint density at radius 2 is 2.06 bits per heavy atom. The van der Waals surface area contributed by atoms with Crippen LogP contribution in [-0.4, -0.2) is 72.2 Å². The lowest BCUT2D eigenvalue weighted by molar-refractivity contribution is -0.139. The molecule has 0 aliphatic carbocycles. The van der Waals surface area contributed by atoms with Gasteiger partial charge in [-0.25, -0.2) is 0 Å². The molecule has 1 rings (SSSR count). The van der Waals surface area contributed by atoms with Gasteiger partial charge in [-0.15, -0.1) is 0 Å². The SMILES string of the molecule is CN(C)CCN(CC(=O)O)C1CSCCC1(C)C. The van der Waals surface area contributed by atoms with Crippen molar-refractivity contribution in [1.29, 1.82) is 0 Å². The highest BCUT2D eigenvalue weighted by Gasteiger charge is 2.37. The van der Waals surface area contributed by atoms with Crippen LogP contribution in [0.1, 0.15) is 20.3 Å². The topological polar surface area (TPSA) is 43.8 Å². The fourth-order valence-corrected chi connectivity index (χ4v) is 4.09. The third-order valence-electron chi connectivity index (χ3n) is 3.68. The highest BCUT2D eigenvalue weighted by atomic mass is 32.2. The zero-order valence-corrected chi connectivity index (χ0v) is 12.8. The van der Waals surface area contributed by atoms with E-state index in [1.165, 1.54) is 12.2 Å². The van der Waals surface area contributed by atoms with Crippen LogP contribution < -0.4 is 0 Å². The predicted molar refractivity (Wildman–Crippen MR) is 77.3 cm³/mol. The molecule has 106 valence electrons. The van der Waals surface area contributed by atoms with Crippen molar-refractivity contribution in [2.45, 2.75) is 26.3 Å². The molecule has 1 N–H and O–H groups in total. The normalized spacial score (nSPS) is 23.6. The number of aliphatic carboxylic acids is 1. The number of nitrogens with zero attached hydrogens (tertiary/aromatic N) is 2. The molecule has 0 radical (unpaired) electrons. The van der Waals surface area contributed by atoms with E-state index in [1.54, 1.807) is 0 Å². The van der Waals surface area contributed by atoms with Crippen LogP contribution in [0.25, 0.3) is 0 Å². The molecule has 0 aromatic heterocycles. The lowest BCUT2D eigenvalue weighted by atomic mass is 9.81. The molecular formula is C13H26N2O2S. The van der Waals surface area contributed by atoms with E-state index in [0.717, 1.165) is 18.8 Å². The first kappa shape index (κ1) is 15.8. The van der Waals surface area contributed by atoms with Crippen molar-refractivity contribution < 1.29 is 9.90 Å². The monoisotopic (exact) mass is 274 g/mol. The van der Waals surface area contributed by atoms with E-state index in [-0.39, 0.29) is 12.0 Å². The maximum Gasteiger partial charge on any atom is 0.317 e. The van der Waals surface area contributed by atoms with Crippen LogP contribution in [0.5, 0.6) is 0 Å². The minimum Gasteiger partial charge on any atom is -0.480 e. The van der Waals surface area contributed by atoms with Crippen LogP contribution in [0.15, 0.2) is 0 Å². The van der Waals surface area contributed by atoms with Gasteiger partial charge in [-0.1, -0.05) is 13.8 Å². The minimum atomic E-state index is -0.722. The Labute approximate surface area is 115 Å². The number of hydrogen-bond donors (Lipinski definition) is 1. The Kier molecular flexibility index (Phi) is 5.95. The van der Waals surface area contributed by atoms with Crippen LogP contribution in [0.4, 0.5) is 0 Å². The van der Waals surface area contributed by atoms with Crippen molar-refractivity contribution in [1.82, 2.24) is 9.80 Å². The molecule has 0 aromatic rings. The highest BCUT2D eigenvalue weighted by molar-refractivity contribution is 7.99. The summed E-state index contributed by atoms with van der Waals surface area (Å²) in [5, 5.41) is 9.09. The van der Waals surface area contributed by atoms with Gasteiger partial charge in [-0.05, 0) is 31.7 Å². The smallest absolute Gasteiger partial charge is 0.317 e. The lowest BCUT2D eigenvalue weighted by Gasteiger charge is -2.44. The summed E-state index contributed by atoms with van der Waals surface area (Å²) in [6.07, 6.45) is 1.17. The quantitative estimate of drug-likeness (QED) is 0.794. The van der Waals surface area contributed by atoms with Gasteiger partial charge in [0.05, 0.1) is 6.54 Å². The second-order valence-electron chi connectivity index (χ2n) is 6.00. The van der Waals surface area contributed by atoms with Gasteiger partial charge in [0.15, 0.2) is 0 Å². The summed E-state index contributed by atoms with van der Waals surface area (Å²) in [7, 11) is 4.05. The van der Waals surface area contributed by atoms with Gasteiger partial charge in [0.2, 0.25) is 0 Å². The Balaban J connectivity index is 2.70. The zero-order valence-electron chi connectivity index (χ0n) is 12.0. The average molecular weight is 274 g/mol. The van der Waals surface area contributed by atoms with E-state index in [4.69, 9.17) is 5.11 Å². The van der Waals surface area contributed by atoms with Crippen molar-refractivity contribution in [3.63, 3.8) is 0 Å². The maximum absolute atomic E-state index is 11.0. The second-order valence-corrected chi connectivity index (χ2v) is 7.15. The van der Waals surface area contributed by atoms with Gasteiger partial charge in [-0.2, -0.15) is 11.8 Å². The van der Waals surface area contributed by atoms with Gasteiger partial charge in [0.1, 0.15) is 0 Å². The molecule has 0 amide bonds. The highest BCUT2D eigenvalue weighted by Crippen LogP contribution is 2.37. The molecule has 1 unspecified atom stereocenters. The Morgan fingerprint density at radius 3 is 2.56 bits per heavy atom. The largest absolute Gasteiger partial charge is 0.480 e. The molecule has 1 fully saturated rings. The summed E-state index contributed by atoms with van der Waals surface area (Å²) < 4.78 is 0. The summed E-state index contributed by atoms with van der Waals surface area (Å²) in [4.78, 5) is 15.3. The molecular weight excluding hydrogens is 248 g/mol. The molecule has 1 saturated heterocycles. The van der Waals surface area contributed by atoms with E-state index < -0.39 is 5.97 Å². The summed E-state index contributed by atoms with van der Waals surface area (Å²) in [6, 6.07) is 0.368. The molecule has 0 bridgehead atoms. The number of likely N-dealkylation sites (N-methyl/N-ethyl adjacent to an activating group) is 1. The number of hydrogen-bond acceptors (Lipinski definition) is 4. The molecule has 18 heavy (non-hydrogen) atoms. The molecule has 1 heterocycles. The molecule has 5 heteroatoms. The molecule has 1 atom stereocenters. The lowest BCUT2D eigenvalue weighted by Crippen LogP contribution is -2.52. The van der Waals surface area contributed by atoms with Crippen molar-refractivity contribution >= 4 is 17.7 Å². The first-order chi connectivity index (χ1) is 8.33. The average Bonchev–Trinajstić information content (AvgIpc) is 2.23. The van der Waals surface area contributed by atoms with Crippen LogP contribution in [0.2, 0.25) is 0 Å². The van der Waals surface area contributed by atoms with Crippen LogP contribution in [-0.2, 0) is 4.79 Å². The first-order valence-electron chi connectivity index (χ1n) is 6.51. The van der Waals surface area contributed by atoms with Crippen molar-refractivity contribution in [3.05, 3.63) is 0 Å². The molecule has 0 saturated carbocycles. The maximum atomic E-state index is 11.0. The van der Waals surface area contributed by atoms with E-state index in [9.17, 15) is 4.79 Å². The van der Waals surface area contributed by atoms with Crippen molar-refractivity contribution in [2.75, 3.05) is 45.2 Å². The van der Waals surface area contributed by atoms with Gasteiger partial charge in [-0.3, -0.25) is 9.69 Å². The molecule has 1 aliphatic rings. The van der Waals surface area contributed by atoms with E-state index in [1.807, 2.05) is 25.9 Å². The molecule has 1 aliphatic heterocycles. The summed E-state index contributed by atoms with van der Waals surface area (Å²) in [5.41, 5.74) is 0.215. The standard InChI is InChI=1S/C13H26N2O2S/c1-13(2)5-8-18-10-11(13)15(9-12(16)17)7-6-14(3)4/h11H,5-10H2,1-4H3,(H,16,17). The number of carboxylic acids is 1. The Morgan fingerprint density at radius 1 is 1.39 bits per heavy atom. The van der Waals surface area contributed by atoms with Crippen molar-refractivity contribution in [2.24, 2.45) is 5.41 Å². The fraction of sp³-hybridized carbons (Fsp3) is 0.923. The van der Waals surface area contributed by atoms with Crippen LogP contribution in [0.3, 0.4) is 0 Å². The van der Waals surface area contributed by atoms with Crippen LogP contribution in [0, 0.1) is 5.41 Å². The minimum absolute atomic E-state index is 0.155. The van der Waals surface area contributed by atoms with Gasteiger partial charge >= 0.3 is 5.97 Å². The summed E-state index contributed by atoms with van der Waals surface area (Å²) in [5.74, 6) is 1.52. The fourth-order valence-electron chi connectivity index (χ4n) is 2.37. The van der Waals surface area contributed by atoms with Crippen LogP contribution >= 0.6 is 11.8 Å². The van der Waals surface area contributed by atoms with E-state index in [0.29, 0.717) is 6.04 Å². The molecule has 4 nitrogen and oxygen atoms in total. The number of thioether (sulfide) groups is 1. The van der Waals surface area contributed by atoms with Gasteiger partial charge in [0.25, 0.3) is 0 Å². The second kappa shape index (κ2) is 6.78. The van der Waals surface area contributed by atoms with E-state index in [2.05, 4.69) is 23.6 Å². The number of carboxylic acid groups (broad SMARTS) is 1. The summed E-state index contributed by atoms with van der Waals surface area (Å²) in [6.45, 7) is 6.42. The van der Waals surface area contributed by atoms with Gasteiger partial charge < -0.3 is 10.0 Å². The number of rotatable bonds is 6. The Bertz CT molecular complexity index is 282. The number of carbonyl (C=O) groups is 1. The molecule has 0 aromatic carbocycles. The van der Waals surface area contributed by atoms with Crippen molar-refractivity contribution in [3.8, 4) is 0 Å². The third-order valence-corrected chi connectivity index (χ3v) is 4.73. The van der Waals surface area contributed by atoms with E-state index >= 15 is 0 Å². The Hall–Kier alpha value is -0.260.